The van der Waals surface area contributed by atoms with Gasteiger partial charge in [-0.25, -0.2) is 0 Å². The molecule has 0 spiro atoms. The van der Waals surface area contributed by atoms with Crippen LogP contribution in [0.4, 0.5) is 0 Å². The second-order valence-electron chi connectivity index (χ2n) is 5.05. The zero-order chi connectivity index (χ0) is 14.4. The van der Waals surface area contributed by atoms with Gasteiger partial charge in [-0.2, -0.15) is 0 Å². The van der Waals surface area contributed by atoms with Crippen LogP contribution in [0, 0.1) is 6.92 Å². The van der Waals surface area contributed by atoms with Crippen LogP contribution in [-0.4, -0.2) is 20.1 Å². The molecule has 0 saturated heterocycles. The van der Waals surface area contributed by atoms with Crippen LogP contribution in [0.15, 0.2) is 48.5 Å². The van der Waals surface area contributed by atoms with Crippen LogP contribution >= 0.6 is 0 Å². The minimum atomic E-state index is -0.0364. The quantitative estimate of drug-likeness (QED) is 0.807. The highest BCUT2D eigenvalue weighted by molar-refractivity contribution is 6.80. The molecule has 0 aliphatic carbocycles. The zero-order valence-electron chi connectivity index (χ0n) is 12.3. The van der Waals surface area contributed by atoms with Crippen molar-refractivity contribution in [3.63, 3.8) is 0 Å². The van der Waals surface area contributed by atoms with Gasteiger partial charge in [0.1, 0.15) is 0 Å². The molecule has 0 radical (unpaired) electrons. The highest BCUT2D eigenvalue weighted by Gasteiger charge is 2.21. The van der Waals surface area contributed by atoms with Gasteiger partial charge in [0.15, 0.2) is 0 Å². The fraction of sp³-hybridized carbons (Fsp3) is 0.294. The zero-order valence-corrected chi connectivity index (χ0v) is 12.3. The van der Waals surface area contributed by atoms with Gasteiger partial charge in [-0.3, -0.25) is 0 Å². The first-order valence-corrected chi connectivity index (χ1v) is 7.21. The second-order valence-corrected chi connectivity index (χ2v) is 5.05. The van der Waals surface area contributed by atoms with E-state index in [1.54, 1.807) is 0 Å². The Morgan fingerprint density at radius 3 is 2.45 bits per heavy atom. The molecule has 2 rings (SSSR count). The summed E-state index contributed by atoms with van der Waals surface area (Å²) in [6, 6.07) is 17.1. The SMILES string of the molecule is CCc1cccc(B(OCCN)c2ccc(C)cc2)c1. The average Bonchev–Trinajstić information content (AvgIpc) is 2.49. The third-order valence-corrected chi connectivity index (χ3v) is 3.44. The first-order valence-electron chi connectivity index (χ1n) is 7.21. The summed E-state index contributed by atoms with van der Waals surface area (Å²) in [5.41, 5.74) is 10.5. The van der Waals surface area contributed by atoms with E-state index in [1.807, 2.05) is 0 Å². The molecule has 0 aliphatic rings. The first kappa shape index (κ1) is 14.8. The number of hydrogen-bond acceptors (Lipinski definition) is 2. The molecule has 0 amide bonds. The highest BCUT2D eigenvalue weighted by Crippen LogP contribution is 2.02. The van der Waals surface area contributed by atoms with Crippen molar-refractivity contribution in [2.24, 2.45) is 5.73 Å². The fourth-order valence-corrected chi connectivity index (χ4v) is 2.29. The Balaban J connectivity index is 2.32. The van der Waals surface area contributed by atoms with Crippen LogP contribution in [-0.2, 0) is 11.1 Å². The van der Waals surface area contributed by atoms with E-state index in [4.69, 9.17) is 10.4 Å². The number of aryl methyl sites for hydroxylation is 2. The summed E-state index contributed by atoms with van der Waals surface area (Å²) >= 11 is 0. The van der Waals surface area contributed by atoms with Gasteiger partial charge in [-0.15, -0.1) is 0 Å². The summed E-state index contributed by atoms with van der Waals surface area (Å²) in [4.78, 5) is 0. The molecule has 2 aromatic carbocycles. The maximum Gasteiger partial charge on any atom is 0.361 e. The molecular weight excluding hydrogens is 245 g/mol. The van der Waals surface area contributed by atoms with E-state index in [9.17, 15) is 0 Å². The molecule has 0 atom stereocenters. The summed E-state index contributed by atoms with van der Waals surface area (Å²) < 4.78 is 5.98. The molecule has 20 heavy (non-hydrogen) atoms. The molecule has 0 aliphatic heterocycles. The van der Waals surface area contributed by atoms with Crippen LogP contribution in [0.3, 0.4) is 0 Å². The lowest BCUT2D eigenvalue weighted by Gasteiger charge is -2.16. The van der Waals surface area contributed by atoms with Gasteiger partial charge in [0.2, 0.25) is 0 Å². The highest BCUT2D eigenvalue weighted by atomic mass is 16.4. The number of nitrogens with two attached hydrogens (primary N) is 1. The van der Waals surface area contributed by atoms with Crippen LogP contribution in [0.2, 0.25) is 0 Å². The van der Waals surface area contributed by atoms with E-state index in [1.165, 1.54) is 22.1 Å². The third kappa shape index (κ3) is 3.72. The van der Waals surface area contributed by atoms with Gasteiger partial charge in [0.05, 0.1) is 0 Å². The second kappa shape index (κ2) is 7.27. The largest absolute Gasteiger partial charge is 0.426 e. The predicted molar refractivity (Wildman–Crippen MR) is 87.0 cm³/mol. The van der Waals surface area contributed by atoms with Gasteiger partial charge < -0.3 is 10.4 Å². The van der Waals surface area contributed by atoms with Crippen molar-refractivity contribution in [2.75, 3.05) is 13.2 Å². The molecule has 0 heterocycles. The predicted octanol–water partition coefficient (Wildman–Crippen LogP) is 1.64. The lowest BCUT2D eigenvalue weighted by atomic mass is 9.55. The molecule has 0 unspecified atom stereocenters. The van der Waals surface area contributed by atoms with Crippen molar-refractivity contribution in [3.05, 3.63) is 59.7 Å². The molecule has 2 aromatic rings. The van der Waals surface area contributed by atoms with Gasteiger partial charge in [-0.05, 0) is 29.8 Å². The lowest BCUT2D eigenvalue weighted by molar-refractivity contribution is 0.344. The standard InChI is InChI=1S/C17H22BNO/c1-3-15-5-4-6-17(13-15)18(20-12-11-19)16-9-7-14(2)8-10-16/h4-10,13H,3,11-12,19H2,1-2H3. The van der Waals surface area contributed by atoms with Crippen molar-refractivity contribution in [1.82, 2.24) is 0 Å². The number of rotatable bonds is 6. The molecule has 104 valence electrons. The Bertz CT molecular complexity index is 539. The molecule has 0 saturated carbocycles. The van der Waals surface area contributed by atoms with Crippen LogP contribution < -0.4 is 16.7 Å². The molecular formula is C17H22BNO. The molecule has 2 N–H and O–H groups in total. The maximum atomic E-state index is 5.98. The third-order valence-electron chi connectivity index (χ3n) is 3.44. The number of hydrogen-bond donors (Lipinski definition) is 1. The Morgan fingerprint density at radius 1 is 1.05 bits per heavy atom. The van der Waals surface area contributed by atoms with Gasteiger partial charge >= 0.3 is 6.92 Å². The summed E-state index contributed by atoms with van der Waals surface area (Å²) in [5, 5.41) is 0. The smallest absolute Gasteiger partial charge is 0.361 e. The van der Waals surface area contributed by atoms with Crippen molar-refractivity contribution in [2.45, 2.75) is 20.3 Å². The monoisotopic (exact) mass is 267 g/mol. The lowest BCUT2D eigenvalue weighted by Crippen LogP contribution is -2.46. The molecule has 3 heteroatoms. The van der Waals surface area contributed by atoms with E-state index in [0.717, 1.165) is 6.42 Å². The van der Waals surface area contributed by atoms with Crippen molar-refractivity contribution >= 4 is 17.8 Å². The van der Waals surface area contributed by atoms with Crippen molar-refractivity contribution in [1.29, 1.82) is 0 Å². The van der Waals surface area contributed by atoms with Crippen molar-refractivity contribution < 1.29 is 4.65 Å². The normalized spacial score (nSPS) is 10.6. The topological polar surface area (TPSA) is 35.2 Å². The minimum Gasteiger partial charge on any atom is -0.426 e. The maximum absolute atomic E-state index is 5.98. The summed E-state index contributed by atoms with van der Waals surface area (Å²) in [6.45, 7) is 5.33. The summed E-state index contributed by atoms with van der Waals surface area (Å²) in [7, 11) is 0. The average molecular weight is 267 g/mol. The van der Waals surface area contributed by atoms with Crippen LogP contribution in [0.25, 0.3) is 0 Å². The molecule has 2 nitrogen and oxygen atoms in total. The Hall–Kier alpha value is -1.58. The molecule has 0 fully saturated rings. The van der Waals surface area contributed by atoms with Crippen molar-refractivity contribution in [3.8, 4) is 0 Å². The summed E-state index contributed by atoms with van der Waals surface area (Å²) in [5.74, 6) is 0. The van der Waals surface area contributed by atoms with Crippen LogP contribution in [0.5, 0.6) is 0 Å². The van der Waals surface area contributed by atoms with E-state index in [0.29, 0.717) is 13.2 Å². The fourth-order valence-electron chi connectivity index (χ4n) is 2.29. The van der Waals surface area contributed by atoms with E-state index < -0.39 is 0 Å². The molecule has 0 aromatic heterocycles. The number of benzene rings is 2. The van der Waals surface area contributed by atoms with Crippen LogP contribution in [0.1, 0.15) is 18.1 Å². The summed E-state index contributed by atoms with van der Waals surface area (Å²) in [6.07, 6.45) is 1.03. The Morgan fingerprint density at radius 2 is 1.80 bits per heavy atom. The van der Waals surface area contributed by atoms with Gasteiger partial charge in [0.25, 0.3) is 0 Å². The minimum absolute atomic E-state index is 0.0364. The van der Waals surface area contributed by atoms with Gasteiger partial charge in [-0.1, -0.05) is 61.0 Å². The van der Waals surface area contributed by atoms with E-state index in [-0.39, 0.29) is 6.92 Å². The Kier molecular flexibility index (Phi) is 5.39. The molecule has 0 bridgehead atoms. The van der Waals surface area contributed by atoms with E-state index in [2.05, 4.69) is 62.4 Å². The van der Waals surface area contributed by atoms with Gasteiger partial charge in [0, 0.05) is 13.2 Å². The first-order chi connectivity index (χ1) is 9.74. The Labute approximate surface area is 122 Å². The van der Waals surface area contributed by atoms with E-state index >= 15 is 0 Å².